The van der Waals surface area contributed by atoms with Crippen molar-refractivity contribution in [3.8, 4) is 0 Å². The van der Waals surface area contributed by atoms with Gasteiger partial charge in [0.15, 0.2) is 0 Å². The fourth-order valence-electron chi connectivity index (χ4n) is 2.76. The Balaban J connectivity index is 2.05. The summed E-state index contributed by atoms with van der Waals surface area (Å²) >= 11 is 5.02. The van der Waals surface area contributed by atoms with Crippen LogP contribution in [-0.4, -0.2) is 10.9 Å². The summed E-state index contributed by atoms with van der Waals surface area (Å²) in [7, 11) is 0. The molecule has 0 spiro atoms. The van der Waals surface area contributed by atoms with Gasteiger partial charge in [0.25, 0.3) is 0 Å². The zero-order valence-electron chi connectivity index (χ0n) is 11.7. The monoisotopic (exact) mass is 290 g/mol. The van der Waals surface area contributed by atoms with Crippen LogP contribution < -0.4 is 11.1 Å². The van der Waals surface area contributed by atoms with Crippen LogP contribution >= 0.6 is 12.2 Å². The number of anilines is 1. The summed E-state index contributed by atoms with van der Waals surface area (Å²) < 4.78 is 0. The SMILES string of the molecule is NC(=S)c1ccccc1NC(=O)C1CCCCCCC1. The summed E-state index contributed by atoms with van der Waals surface area (Å²) in [6.07, 6.45) is 8.06. The highest BCUT2D eigenvalue weighted by molar-refractivity contribution is 7.80. The molecule has 1 fully saturated rings. The van der Waals surface area contributed by atoms with Crippen molar-refractivity contribution in [2.24, 2.45) is 11.7 Å². The van der Waals surface area contributed by atoms with E-state index in [1.807, 2.05) is 24.3 Å². The van der Waals surface area contributed by atoms with E-state index in [4.69, 9.17) is 18.0 Å². The van der Waals surface area contributed by atoms with Crippen molar-refractivity contribution in [1.29, 1.82) is 0 Å². The molecule has 1 aromatic carbocycles. The van der Waals surface area contributed by atoms with Gasteiger partial charge in [0.1, 0.15) is 4.99 Å². The van der Waals surface area contributed by atoms with E-state index < -0.39 is 0 Å². The Hall–Kier alpha value is -1.42. The highest BCUT2D eigenvalue weighted by Gasteiger charge is 2.20. The topological polar surface area (TPSA) is 55.1 Å². The number of hydrogen-bond acceptors (Lipinski definition) is 2. The lowest BCUT2D eigenvalue weighted by molar-refractivity contribution is -0.120. The molecule has 108 valence electrons. The van der Waals surface area contributed by atoms with E-state index in [9.17, 15) is 4.79 Å². The molecule has 0 radical (unpaired) electrons. The predicted octanol–water partition coefficient (Wildman–Crippen LogP) is 3.62. The molecule has 4 heteroatoms. The Bertz CT molecular complexity index is 479. The molecule has 1 amide bonds. The van der Waals surface area contributed by atoms with Crippen LogP contribution in [0.25, 0.3) is 0 Å². The summed E-state index contributed by atoms with van der Waals surface area (Å²) in [5.74, 6) is 0.227. The summed E-state index contributed by atoms with van der Waals surface area (Å²) in [5, 5.41) is 3.00. The van der Waals surface area contributed by atoms with Crippen molar-refractivity contribution < 1.29 is 4.79 Å². The van der Waals surface area contributed by atoms with Crippen LogP contribution in [0.4, 0.5) is 5.69 Å². The van der Waals surface area contributed by atoms with Crippen molar-refractivity contribution in [2.45, 2.75) is 44.9 Å². The maximum atomic E-state index is 12.4. The molecule has 0 saturated heterocycles. The van der Waals surface area contributed by atoms with E-state index in [0.717, 1.165) is 36.9 Å². The molecule has 0 aromatic heterocycles. The maximum Gasteiger partial charge on any atom is 0.227 e. The first-order valence-corrected chi connectivity index (χ1v) is 7.79. The first-order valence-electron chi connectivity index (χ1n) is 7.38. The Morgan fingerprint density at radius 1 is 1.10 bits per heavy atom. The lowest BCUT2D eigenvalue weighted by Gasteiger charge is -2.20. The van der Waals surface area contributed by atoms with Crippen molar-refractivity contribution in [3.05, 3.63) is 29.8 Å². The smallest absolute Gasteiger partial charge is 0.227 e. The number of benzene rings is 1. The van der Waals surface area contributed by atoms with Gasteiger partial charge in [-0.15, -0.1) is 0 Å². The Morgan fingerprint density at radius 3 is 2.35 bits per heavy atom. The molecule has 1 saturated carbocycles. The summed E-state index contributed by atoms with van der Waals surface area (Å²) in [6, 6.07) is 7.46. The van der Waals surface area contributed by atoms with E-state index >= 15 is 0 Å². The van der Waals surface area contributed by atoms with Gasteiger partial charge in [-0.1, -0.05) is 56.5 Å². The second-order valence-electron chi connectivity index (χ2n) is 5.44. The number of nitrogens with one attached hydrogen (secondary N) is 1. The van der Waals surface area contributed by atoms with Crippen LogP contribution in [0.15, 0.2) is 24.3 Å². The minimum Gasteiger partial charge on any atom is -0.389 e. The lowest BCUT2D eigenvalue weighted by Crippen LogP contribution is -2.25. The van der Waals surface area contributed by atoms with Gasteiger partial charge in [0.05, 0.1) is 5.69 Å². The van der Waals surface area contributed by atoms with E-state index in [2.05, 4.69) is 5.32 Å². The molecule has 20 heavy (non-hydrogen) atoms. The lowest BCUT2D eigenvalue weighted by atomic mass is 9.90. The van der Waals surface area contributed by atoms with E-state index in [1.165, 1.54) is 19.3 Å². The molecule has 3 nitrogen and oxygen atoms in total. The van der Waals surface area contributed by atoms with Crippen LogP contribution in [0, 0.1) is 5.92 Å². The average Bonchev–Trinajstić information content (AvgIpc) is 2.38. The zero-order valence-corrected chi connectivity index (χ0v) is 12.5. The minimum atomic E-state index is 0.107. The minimum absolute atomic E-state index is 0.107. The molecular weight excluding hydrogens is 268 g/mol. The molecule has 1 aliphatic carbocycles. The molecule has 0 heterocycles. The number of thiocarbonyl (C=S) groups is 1. The second kappa shape index (κ2) is 7.39. The molecular formula is C16H22N2OS. The summed E-state index contributed by atoms with van der Waals surface area (Å²) in [5.41, 5.74) is 7.16. The van der Waals surface area contributed by atoms with Gasteiger partial charge in [-0.25, -0.2) is 0 Å². The number of rotatable bonds is 3. The molecule has 0 bridgehead atoms. The Labute approximate surface area is 125 Å². The van der Waals surface area contributed by atoms with Crippen molar-refractivity contribution in [2.75, 3.05) is 5.32 Å². The predicted molar refractivity (Wildman–Crippen MR) is 86.8 cm³/mol. The number of hydrogen-bond donors (Lipinski definition) is 2. The third-order valence-electron chi connectivity index (χ3n) is 3.93. The van der Waals surface area contributed by atoms with E-state index in [1.54, 1.807) is 0 Å². The van der Waals surface area contributed by atoms with Gasteiger partial charge in [0.2, 0.25) is 5.91 Å². The van der Waals surface area contributed by atoms with Gasteiger partial charge in [-0.05, 0) is 25.0 Å². The Morgan fingerprint density at radius 2 is 1.70 bits per heavy atom. The van der Waals surface area contributed by atoms with Crippen LogP contribution in [0.3, 0.4) is 0 Å². The second-order valence-corrected chi connectivity index (χ2v) is 5.88. The van der Waals surface area contributed by atoms with Gasteiger partial charge < -0.3 is 11.1 Å². The maximum absolute atomic E-state index is 12.4. The third-order valence-corrected chi connectivity index (χ3v) is 4.15. The van der Waals surface area contributed by atoms with Gasteiger partial charge >= 0.3 is 0 Å². The number of nitrogens with two attached hydrogens (primary N) is 1. The van der Waals surface area contributed by atoms with Crippen LogP contribution in [0.2, 0.25) is 0 Å². The zero-order chi connectivity index (χ0) is 14.4. The molecule has 3 N–H and O–H groups in total. The number of carbonyl (C=O) groups excluding carboxylic acids is 1. The number of amides is 1. The van der Waals surface area contributed by atoms with Gasteiger partial charge in [-0.3, -0.25) is 4.79 Å². The highest BCUT2D eigenvalue weighted by atomic mass is 32.1. The Kier molecular flexibility index (Phi) is 5.53. The molecule has 1 aromatic rings. The molecule has 0 aliphatic heterocycles. The fraction of sp³-hybridized carbons (Fsp3) is 0.500. The van der Waals surface area contributed by atoms with Crippen molar-refractivity contribution in [3.63, 3.8) is 0 Å². The van der Waals surface area contributed by atoms with E-state index in [-0.39, 0.29) is 11.8 Å². The number of carbonyl (C=O) groups is 1. The van der Waals surface area contributed by atoms with Gasteiger partial charge in [-0.2, -0.15) is 0 Å². The van der Waals surface area contributed by atoms with Gasteiger partial charge in [0, 0.05) is 11.5 Å². The summed E-state index contributed by atoms with van der Waals surface area (Å²) in [6.45, 7) is 0. The number of para-hydroxylation sites is 1. The first-order chi connectivity index (χ1) is 9.68. The average molecular weight is 290 g/mol. The standard InChI is InChI=1S/C16H22N2OS/c17-15(20)13-10-6-7-11-14(13)18-16(19)12-8-4-2-1-3-5-9-12/h6-7,10-12H,1-5,8-9H2,(H2,17,20)(H,18,19). The quantitative estimate of drug-likeness (QED) is 0.836. The molecule has 0 unspecified atom stereocenters. The van der Waals surface area contributed by atoms with E-state index in [0.29, 0.717) is 4.99 Å². The van der Waals surface area contributed by atoms with Crippen LogP contribution in [-0.2, 0) is 4.79 Å². The molecule has 2 rings (SSSR count). The summed E-state index contributed by atoms with van der Waals surface area (Å²) in [4.78, 5) is 12.7. The highest BCUT2D eigenvalue weighted by Crippen LogP contribution is 2.24. The first kappa shape index (κ1) is 15.0. The fourth-order valence-corrected chi connectivity index (χ4v) is 2.94. The van der Waals surface area contributed by atoms with Crippen LogP contribution in [0.5, 0.6) is 0 Å². The third kappa shape index (κ3) is 4.04. The largest absolute Gasteiger partial charge is 0.389 e. The molecule has 0 atom stereocenters. The normalized spacial score (nSPS) is 17.0. The van der Waals surface area contributed by atoms with Crippen molar-refractivity contribution in [1.82, 2.24) is 0 Å². The van der Waals surface area contributed by atoms with Crippen LogP contribution in [0.1, 0.15) is 50.5 Å². The van der Waals surface area contributed by atoms with Crippen molar-refractivity contribution >= 4 is 28.8 Å². The molecule has 1 aliphatic rings.